The molecule has 2 rings (SSSR count). The van der Waals surface area contributed by atoms with Crippen LogP contribution in [0.15, 0.2) is 4.99 Å². The van der Waals surface area contributed by atoms with Crippen molar-refractivity contribution in [3.05, 3.63) is 0 Å². The summed E-state index contributed by atoms with van der Waals surface area (Å²) < 4.78 is 11.6. The zero-order valence-electron chi connectivity index (χ0n) is 17.7. The first-order valence-corrected chi connectivity index (χ1v) is 10.2. The van der Waals surface area contributed by atoms with Gasteiger partial charge in [0, 0.05) is 50.4 Å². The molecule has 6 heteroatoms. The van der Waals surface area contributed by atoms with Crippen LogP contribution >= 0.6 is 0 Å². The summed E-state index contributed by atoms with van der Waals surface area (Å²) in [7, 11) is 6.18. The van der Waals surface area contributed by atoms with Crippen molar-refractivity contribution in [2.24, 2.45) is 10.4 Å². The molecule has 1 saturated carbocycles. The van der Waals surface area contributed by atoms with Gasteiger partial charge in [-0.3, -0.25) is 4.99 Å². The molecular weight excluding hydrogens is 328 g/mol. The first-order valence-electron chi connectivity index (χ1n) is 10.2. The molecule has 2 fully saturated rings. The molecule has 0 aromatic heterocycles. The van der Waals surface area contributed by atoms with Gasteiger partial charge in [-0.25, -0.2) is 0 Å². The van der Waals surface area contributed by atoms with Crippen molar-refractivity contribution in [2.45, 2.75) is 70.6 Å². The van der Waals surface area contributed by atoms with Gasteiger partial charge in [0.2, 0.25) is 0 Å². The number of rotatable bonds is 8. The minimum Gasteiger partial charge on any atom is -0.381 e. The standard InChI is InChI=1S/C20H40N4O2/c1-7-8-11-26-17-14-16(19(17,2)3)23-18(21-4)22-15-20(24(5)6)9-12-25-13-10-20/h16-17H,7-15H2,1-6H3,(H2,21,22,23). The van der Waals surface area contributed by atoms with E-state index in [1.54, 1.807) is 0 Å². The quantitative estimate of drug-likeness (QED) is 0.391. The lowest BCUT2D eigenvalue weighted by molar-refractivity contribution is -0.113. The van der Waals surface area contributed by atoms with Gasteiger partial charge in [0.15, 0.2) is 5.96 Å². The molecule has 1 heterocycles. The van der Waals surface area contributed by atoms with Crippen LogP contribution in [0.2, 0.25) is 0 Å². The third-order valence-corrected chi connectivity index (χ3v) is 6.49. The van der Waals surface area contributed by atoms with Crippen molar-refractivity contribution in [1.82, 2.24) is 15.5 Å². The summed E-state index contributed by atoms with van der Waals surface area (Å²) in [6.45, 7) is 10.2. The molecule has 1 aliphatic carbocycles. The summed E-state index contributed by atoms with van der Waals surface area (Å²) in [4.78, 5) is 6.79. The number of hydrogen-bond donors (Lipinski definition) is 2. The predicted octanol–water partition coefficient (Wildman–Crippen LogP) is 2.25. The monoisotopic (exact) mass is 368 g/mol. The summed E-state index contributed by atoms with van der Waals surface area (Å²) in [6, 6.07) is 0.394. The number of nitrogens with one attached hydrogen (secondary N) is 2. The van der Waals surface area contributed by atoms with Crippen LogP contribution in [0, 0.1) is 5.41 Å². The first-order chi connectivity index (χ1) is 12.4. The minimum absolute atomic E-state index is 0.128. The zero-order chi connectivity index (χ0) is 19.2. The number of hydrogen-bond acceptors (Lipinski definition) is 4. The van der Waals surface area contributed by atoms with Crippen LogP contribution < -0.4 is 10.6 Å². The summed E-state index contributed by atoms with van der Waals surface area (Å²) >= 11 is 0. The van der Waals surface area contributed by atoms with E-state index < -0.39 is 0 Å². The van der Waals surface area contributed by atoms with Crippen molar-refractivity contribution in [1.29, 1.82) is 0 Å². The van der Waals surface area contributed by atoms with Crippen molar-refractivity contribution in [3.63, 3.8) is 0 Å². The average Bonchev–Trinajstić information content (AvgIpc) is 2.63. The van der Waals surface area contributed by atoms with E-state index in [1.807, 2.05) is 7.05 Å². The van der Waals surface area contributed by atoms with Gasteiger partial charge in [-0.2, -0.15) is 0 Å². The highest BCUT2D eigenvalue weighted by molar-refractivity contribution is 5.80. The van der Waals surface area contributed by atoms with Crippen LogP contribution in [0.3, 0.4) is 0 Å². The maximum absolute atomic E-state index is 6.06. The fourth-order valence-corrected chi connectivity index (χ4v) is 3.92. The van der Waals surface area contributed by atoms with Crippen molar-refractivity contribution < 1.29 is 9.47 Å². The smallest absolute Gasteiger partial charge is 0.191 e. The fraction of sp³-hybridized carbons (Fsp3) is 0.950. The van der Waals surface area contributed by atoms with Gasteiger partial charge < -0.3 is 25.0 Å². The molecule has 0 bridgehead atoms. The van der Waals surface area contributed by atoms with Gasteiger partial charge in [-0.05, 0) is 39.8 Å². The second-order valence-corrected chi connectivity index (χ2v) is 8.62. The van der Waals surface area contributed by atoms with Gasteiger partial charge >= 0.3 is 0 Å². The molecule has 0 aromatic carbocycles. The van der Waals surface area contributed by atoms with Gasteiger partial charge in [-0.1, -0.05) is 27.2 Å². The maximum atomic E-state index is 6.06. The number of nitrogens with zero attached hydrogens (tertiary/aromatic N) is 2. The summed E-state index contributed by atoms with van der Waals surface area (Å²) in [5.74, 6) is 0.891. The molecule has 0 amide bonds. The van der Waals surface area contributed by atoms with Crippen molar-refractivity contribution >= 4 is 5.96 Å². The Hall–Kier alpha value is -0.850. The Bertz CT molecular complexity index is 459. The van der Waals surface area contributed by atoms with E-state index in [4.69, 9.17) is 9.47 Å². The minimum atomic E-state index is 0.128. The van der Waals surface area contributed by atoms with E-state index in [0.717, 1.165) is 58.0 Å². The number of likely N-dealkylation sites (N-methyl/N-ethyl adjacent to an activating group) is 1. The molecule has 26 heavy (non-hydrogen) atoms. The molecule has 0 aromatic rings. The van der Waals surface area contributed by atoms with Crippen LogP contribution in [-0.4, -0.2) is 76.1 Å². The highest BCUT2D eigenvalue weighted by Gasteiger charge is 2.49. The van der Waals surface area contributed by atoms with Crippen molar-refractivity contribution in [2.75, 3.05) is 47.5 Å². The van der Waals surface area contributed by atoms with Crippen molar-refractivity contribution in [3.8, 4) is 0 Å². The van der Waals surface area contributed by atoms with Crippen LogP contribution in [0.25, 0.3) is 0 Å². The second-order valence-electron chi connectivity index (χ2n) is 8.62. The highest BCUT2D eigenvalue weighted by atomic mass is 16.5. The third-order valence-electron chi connectivity index (χ3n) is 6.49. The number of aliphatic imine (C=N–C) groups is 1. The van der Waals surface area contributed by atoms with Crippen LogP contribution in [0.4, 0.5) is 0 Å². The van der Waals surface area contributed by atoms with E-state index in [2.05, 4.69) is 55.4 Å². The van der Waals surface area contributed by atoms with E-state index in [1.165, 1.54) is 6.42 Å². The largest absolute Gasteiger partial charge is 0.381 e. The van der Waals surface area contributed by atoms with Gasteiger partial charge in [-0.15, -0.1) is 0 Å². The summed E-state index contributed by atoms with van der Waals surface area (Å²) in [5, 5.41) is 7.18. The van der Waals surface area contributed by atoms with Crippen LogP contribution in [-0.2, 0) is 9.47 Å². The lowest BCUT2D eigenvalue weighted by Crippen LogP contribution is -2.65. The Morgan fingerprint density at radius 3 is 2.50 bits per heavy atom. The van der Waals surface area contributed by atoms with E-state index >= 15 is 0 Å². The fourth-order valence-electron chi connectivity index (χ4n) is 3.92. The second kappa shape index (κ2) is 9.38. The molecule has 1 aliphatic heterocycles. The Morgan fingerprint density at radius 2 is 1.96 bits per heavy atom. The Balaban J connectivity index is 1.84. The molecule has 0 spiro atoms. The Kier molecular flexibility index (Phi) is 7.74. The predicted molar refractivity (Wildman–Crippen MR) is 108 cm³/mol. The van der Waals surface area contributed by atoms with Gasteiger partial charge in [0.05, 0.1) is 6.10 Å². The van der Waals surface area contributed by atoms with E-state index in [-0.39, 0.29) is 11.0 Å². The molecule has 2 unspecified atom stereocenters. The highest BCUT2D eigenvalue weighted by Crippen LogP contribution is 2.42. The maximum Gasteiger partial charge on any atom is 0.191 e. The molecule has 2 atom stereocenters. The average molecular weight is 369 g/mol. The number of guanidine groups is 1. The SMILES string of the molecule is CCCCOC1CC(NC(=NC)NCC2(N(C)C)CCOCC2)C1(C)C. The topological polar surface area (TPSA) is 58.1 Å². The molecule has 2 aliphatic rings. The molecule has 152 valence electrons. The summed E-state index contributed by atoms with van der Waals surface area (Å²) in [5.41, 5.74) is 0.264. The Morgan fingerprint density at radius 1 is 1.27 bits per heavy atom. The van der Waals surface area contributed by atoms with Gasteiger partial charge in [0.25, 0.3) is 0 Å². The molecule has 1 saturated heterocycles. The van der Waals surface area contributed by atoms with E-state index in [9.17, 15) is 0 Å². The molecule has 0 radical (unpaired) electrons. The molecule has 6 nitrogen and oxygen atoms in total. The zero-order valence-corrected chi connectivity index (χ0v) is 17.7. The molecule has 2 N–H and O–H groups in total. The first kappa shape index (κ1) is 21.5. The van der Waals surface area contributed by atoms with Crippen LogP contribution in [0.5, 0.6) is 0 Å². The number of unbranched alkanes of at least 4 members (excludes halogenated alkanes) is 1. The lowest BCUT2D eigenvalue weighted by Gasteiger charge is -2.52. The lowest BCUT2D eigenvalue weighted by atomic mass is 9.64. The summed E-state index contributed by atoms with van der Waals surface area (Å²) in [6.07, 6.45) is 5.81. The molecular formula is C20H40N4O2. The van der Waals surface area contributed by atoms with E-state index in [0.29, 0.717) is 12.1 Å². The number of ether oxygens (including phenoxy) is 2. The third kappa shape index (κ3) is 4.90. The van der Waals surface area contributed by atoms with Gasteiger partial charge in [0.1, 0.15) is 0 Å². The normalized spacial score (nSPS) is 27.9. The Labute approximate surface area is 160 Å². The van der Waals surface area contributed by atoms with Crippen LogP contribution in [0.1, 0.15) is 52.9 Å².